The Balaban J connectivity index is 1.33. The average Bonchev–Trinajstić information content (AvgIpc) is 2.67. The molecule has 4 rings (SSSR count). The van der Waals surface area contributed by atoms with E-state index in [0.717, 1.165) is 37.7 Å². The SMILES string of the molecule is c1ccc(COc2cccc(CN3CC[C@H]4OCCC[C@@H]4C3)c2)nc1. The lowest BCUT2D eigenvalue weighted by atomic mass is 9.88. The number of hydrogen-bond acceptors (Lipinski definition) is 4. The number of hydrogen-bond donors (Lipinski definition) is 0. The molecular formula is C21H26N2O2. The minimum atomic E-state index is 0.498. The number of piperidine rings is 1. The van der Waals surface area contributed by atoms with Gasteiger partial charge in [-0.25, -0.2) is 0 Å². The summed E-state index contributed by atoms with van der Waals surface area (Å²) < 4.78 is 11.8. The number of fused-ring (bicyclic) bond motifs is 1. The first-order valence-electron chi connectivity index (χ1n) is 9.32. The number of pyridine rings is 1. The first-order chi connectivity index (χ1) is 12.4. The summed E-state index contributed by atoms with van der Waals surface area (Å²) in [6.45, 7) is 4.74. The molecule has 0 N–H and O–H groups in total. The van der Waals surface area contributed by atoms with Gasteiger partial charge in [0, 0.05) is 32.4 Å². The quantitative estimate of drug-likeness (QED) is 0.833. The van der Waals surface area contributed by atoms with Crippen molar-refractivity contribution in [2.24, 2.45) is 5.92 Å². The first-order valence-corrected chi connectivity index (χ1v) is 9.32. The highest BCUT2D eigenvalue weighted by atomic mass is 16.5. The van der Waals surface area contributed by atoms with Crippen LogP contribution >= 0.6 is 0 Å². The summed E-state index contributed by atoms with van der Waals surface area (Å²) in [7, 11) is 0. The van der Waals surface area contributed by atoms with Crippen LogP contribution in [-0.2, 0) is 17.9 Å². The predicted octanol–water partition coefficient (Wildman–Crippen LogP) is 3.66. The molecule has 2 atom stereocenters. The van der Waals surface area contributed by atoms with Gasteiger partial charge in [-0.15, -0.1) is 0 Å². The largest absolute Gasteiger partial charge is 0.487 e. The van der Waals surface area contributed by atoms with Crippen LogP contribution in [0.15, 0.2) is 48.7 Å². The summed E-state index contributed by atoms with van der Waals surface area (Å²) in [4.78, 5) is 6.87. The third-order valence-corrected chi connectivity index (χ3v) is 5.22. The van der Waals surface area contributed by atoms with Crippen LogP contribution in [0.2, 0.25) is 0 Å². The molecule has 0 aliphatic carbocycles. The molecule has 0 saturated carbocycles. The fourth-order valence-electron chi connectivity index (χ4n) is 3.94. The molecule has 0 amide bonds. The summed E-state index contributed by atoms with van der Waals surface area (Å²) in [6.07, 6.45) is 5.99. The number of aromatic nitrogens is 1. The van der Waals surface area contributed by atoms with E-state index >= 15 is 0 Å². The van der Waals surface area contributed by atoms with Gasteiger partial charge < -0.3 is 9.47 Å². The Morgan fingerprint density at radius 2 is 2.16 bits per heavy atom. The molecule has 2 saturated heterocycles. The van der Waals surface area contributed by atoms with Crippen LogP contribution < -0.4 is 4.74 Å². The minimum absolute atomic E-state index is 0.498. The second-order valence-corrected chi connectivity index (χ2v) is 7.09. The van der Waals surface area contributed by atoms with Crippen molar-refractivity contribution in [3.63, 3.8) is 0 Å². The molecule has 4 nitrogen and oxygen atoms in total. The molecule has 0 unspecified atom stereocenters. The maximum Gasteiger partial charge on any atom is 0.130 e. The van der Waals surface area contributed by atoms with Crippen LogP contribution in [0.4, 0.5) is 0 Å². The van der Waals surface area contributed by atoms with E-state index in [-0.39, 0.29) is 0 Å². The van der Waals surface area contributed by atoms with E-state index in [1.807, 2.05) is 24.3 Å². The van der Waals surface area contributed by atoms with E-state index in [2.05, 4.69) is 28.1 Å². The van der Waals surface area contributed by atoms with Crippen molar-refractivity contribution in [3.8, 4) is 5.75 Å². The second-order valence-electron chi connectivity index (χ2n) is 7.09. The number of benzene rings is 1. The maximum atomic E-state index is 5.92. The lowest BCUT2D eigenvalue weighted by Crippen LogP contribution is -2.45. The van der Waals surface area contributed by atoms with E-state index in [4.69, 9.17) is 9.47 Å². The number of rotatable bonds is 5. The number of likely N-dealkylation sites (tertiary alicyclic amines) is 1. The molecule has 132 valence electrons. The second kappa shape index (κ2) is 7.98. The topological polar surface area (TPSA) is 34.6 Å². The third-order valence-electron chi connectivity index (χ3n) is 5.22. The Labute approximate surface area is 149 Å². The van der Waals surface area contributed by atoms with E-state index in [1.165, 1.54) is 24.8 Å². The number of nitrogens with zero attached hydrogens (tertiary/aromatic N) is 2. The van der Waals surface area contributed by atoms with Gasteiger partial charge in [0.2, 0.25) is 0 Å². The van der Waals surface area contributed by atoms with Crippen LogP contribution in [0.5, 0.6) is 5.75 Å². The van der Waals surface area contributed by atoms with E-state index in [9.17, 15) is 0 Å². The highest BCUT2D eigenvalue weighted by molar-refractivity contribution is 5.28. The highest BCUT2D eigenvalue weighted by Crippen LogP contribution is 2.29. The van der Waals surface area contributed by atoms with Gasteiger partial charge in [0.1, 0.15) is 12.4 Å². The van der Waals surface area contributed by atoms with Gasteiger partial charge in [-0.2, -0.15) is 0 Å². The summed E-state index contributed by atoms with van der Waals surface area (Å²) in [5, 5.41) is 0. The average molecular weight is 338 g/mol. The number of ether oxygens (including phenoxy) is 2. The van der Waals surface area contributed by atoms with Crippen LogP contribution in [0.25, 0.3) is 0 Å². The van der Waals surface area contributed by atoms with Gasteiger partial charge in [0.15, 0.2) is 0 Å². The molecule has 1 aromatic heterocycles. The summed E-state index contributed by atoms with van der Waals surface area (Å²) in [5.74, 6) is 1.63. The lowest BCUT2D eigenvalue weighted by Gasteiger charge is -2.41. The zero-order chi connectivity index (χ0) is 16.9. The Morgan fingerprint density at radius 1 is 1.16 bits per heavy atom. The summed E-state index contributed by atoms with van der Waals surface area (Å²) in [5.41, 5.74) is 2.26. The Kier molecular flexibility index (Phi) is 5.28. The van der Waals surface area contributed by atoms with Gasteiger partial charge in [0.05, 0.1) is 11.8 Å². The van der Waals surface area contributed by atoms with Crippen LogP contribution in [0.3, 0.4) is 0 Å². The standard InChI is InChI=1S/C21H26N2O2/c1-2-10-22-19(7-1)16-25-20-8-3-5-17(13-20)14-23-11-9-21-18(15-23)6-4-12-24-21/h1-3,5,7-8,10,13,18,21H,4,6,9,11-12,14-16H2/t18-,21-/m1/s1. The van der Waals surface area contributed by atoms with Crippen LogP contribution in [0, 0.1) is 5.92 Å². The van der Waals surface area contributed by atoms with E-state index in [1.54, 1.807) is 6.20 Å². The van der Waals surface area contributed by atoms with Crippen LogP contribution in [0.1, 0.15) is 30.5 Å². The van der Waals surface area contributed by atoms with Crippen molar-refractivity contribution in [3.05, 3.63) is 59.9 Å². The molecule has 2 aromatic rings. The lowest BCUT2D eigenvalue weighted by molar-refractivity contribution is -0.0676. The van der Waals surface area contributed by atoms with Crippen LogP contribution in [-0.4, -0.2) is 35.7 Å². The van der Waals surface area contributed by atoms with E-state index < -0.39 is 0 Å². The molecule has 2 aliphatic heterocycles. The van der Waals surface area contributed by atoms with Gasteiger partial charge in [-0.05, 0) is 55.0 Å². The van der Waals surface area contributed by atoms with Crippen molar-refractivity contribution in [2.45, 2.75) is 38.5 Å². The Hall–Kier alpha value is -1.91. The molecule has 0 radical (unpaired) electrons. The van der Waals surface area contributed by atoms with Gasteiger partial charge in [-0.1, -0.05) is 18.2 Å². The predicted molar refractivity (Wildman–Crippen MR) is 97.4 cm³/mol. The highest BCUT2D eigenvalue weighted by Gasteiger charge is 2.31. The molecule has 3 heterocycles. The molecule has 4 heteroatoms. The fourth-order valence-corrected chi connectivity index (χ4v) is 3.94. The van der Waals surface area contributed by atoms with Crippen molar-refractivity contribution < 1.29 is 9.47 Å². The molecule has 1 aromatic carbocycles. The van der Waals surface area contributed by atoms with Gasteiger partial charge in [-0.3, -0.25) is 9.88 Å². The molecular weight excluding hydrogens is 312 g/mol. The van der Waals surface area contributed by atoms with E-state index in [0.29, 0.717) is 18.6 Å². The fraction of sp³-hybridized carbons (Fsp3) is 0.476. The normalized spacial score (nSPS) is 23.8. The van der Waals surface area contributed by atoms with Gasteiger partial charge in [0.25, 0.3) is 0 Å². The molecule has 0 spiro atoms. The Morgan fingerprint density at radius 3 is 3.08 bits per heavy atom. The van der Waals surface area contributed by atoms with Crippen molar-refractivity contribution in [1.82, 2.24) is 9.88 Å². The third kappa shape index (κ3) is 4.39. The molecule has 25 heavy (non-hydrogen) atoms. The van der Waals surface area contributed by atoms with Crippen molar-refractivity contribution in [1.29, 1.82) is 0 Å². The van der Waals surface area contributed by atoms with Crippen molar-refractivity contribution in [2.75, 3.05) is 19.7 Å². The first kappa shape index (κ1) is 16.6. The molecule has 2 fully saturated rings. The minimum Gasteiger partial charge on any atom is -0.487 e. The van der Waals surface area contributed by atoms with Crippen molar-refractivity contribution >= 4 is 0 Å². The maximum absolute atomic E-state index is 5.92. The molecule has 2 aliphatic rings. The zero-order valence-electron chi connectivity index (χ0n) is 14.6. The monoisotopic (exact) mass is 338 g/mol. The summed E-state index contributed by atoms with van der Waals surface area (Å²) >= 11 is 0. The van der Waals surface area contributed by atoms with Gasteiger partial charge >= 0.3 is 0 Å². The molecule has 0 bridgehead atoms. The zero-order valence-corrected chi connectivity index (χ0v) is 14.6. The summed E-state index contributed by atoms with van der Waals surface area (Å²) in [6, 6.07) is 14.3. The smallest absolute Gasteiger partial charge is 0.130 e. The Bertz CT molecular complexity index is 677.